The highest BCUT2D eigenvalue weighted by molar-refractivity contribution is 7.92. The Bertz CT molecular complexity index is 1480. The Morgan fingerprint density at radius 3 is 2.33 bits per heavy atom. The molecular weight excluding hydrogens is 478 g/mol. The predicted molar refractivity (Wildman–Crippen MR) is 140 cm³/mol. The number of guanidine groups is 1. The molecule has 0 saturated heterocycles. The van der Waals surface area contributed by atoms with E-state index in [1.165, 1.54) is 6.20 Å². The van der Waals surface area contributed by atoms with Gasteiger partial charge in [0.25, 0.3) is 0 Å². The van der Waals surface area contributed by atoms with Gasteiger partial charge in [-0.2, -0.15) is 0 Å². The molecule has 0 aliphatic rings. The van der Waals surface area contributed by atoms with Crippen LogP contribution in [0.2, 0.25) is 0 Å². The number of hydrogen-bond acceptors (Lipinski definition) is 8. The van der Waals surface area contributed by atoms with Gasteiger partial charge in [-0.1, -0.05) is 29.4 Å². The Hall–Kier alpha value is -4.25. The van der Waals surface area contributed by atoms with Crippen LogP contribution in [-0.2, 0) is 9.84 Å². The van der Waals surface area contributed by atoms with Crippen LogP contribution in [0.25, 0.3) is 34.0 Å². The smallest absolute Gasteiger partial charge is 0.192 e. The van der Waals surface area contributed by atoms with Gasteiger partial charge in [-0.25, -0.2) is 18.4 Å². The summed E-state index contributed by atoms with van der Waals surface area (Å²) in [5, 5.41) is 17.3. The molecular formula is C25H27N7O3S. The maximum atomic E-state index is 12.4. The topological polar surface area (TPSA) is 160 Å². The van der Waals surface area contributed by atoms with Crippen molar-refractivity contribution in [3.8, 4) is 34.0 Å². The molecule has 0 saturated carbocycles. The molecule has 0 unspecified atom stereocenters. The Morgan fingerprint density at radius 2 is 1.69 bits per heavy atom. The zero-order chi connectivity index (χ0) is 25.9. The van der Waals surface area contributed by atoms with Crippen molar-refractivity contribution >= 4 is 27.3 Å². The van der Waals surface area contributed by atoms with Crippen LogP contribution in [-0.4, -0.2) is 41.3 Å². The lowest BCUT2D eigenvalue weighted by atomic mass is 10.1. The van der Waals surface area contributed by atoms with Gasteiger partial charge in [0.15, 0.2) is 33.1 Å². The number of benzene rings is 2. The fourth-order valence-electron chi connectivity index (χ4n) is 3.42. The molecule has 0 radical (unpaired) electrons. The second kappa shape index (κ2) is 10.2. The van der Waals surface area contributed by atoms with Gasteiger partial charge in [-0.15, -0.1) is 0 Å². The molecule has 0 bridgehead atoms. The Balaban J connectivity index is 1.57. The van der Waals surface area contributed by atoms with Crippen molar-refractivity contribution in [3.63, 3.8) is 0 Å². The molecule has 4 rings (SSSR count). The number of nitrogen functional groups attached to an aromatic ring is 1. The van der Waals surface area contributed by atoms with Gasteiger partial charge in [-0.3, -0.25) is 5.41 Å². The Morgan fingerprint density at radius 1 is 1.06 bits per heavy atom. The van der Waals surface area contributed by atoms with Crippen molar-refractivity contribution in [3.05, 3.63) is 60.8 Å². The van der Waals surface area contributed by atoms with Crippen LogP contribution in [0, 0.1) is 5.41 Å². The van der Waals surface area contributed by atoms with Crippen LogP contribution in [0.5, 0.6) is 0 Å². The summed E-state index contributed by atoms with van der Waals surface area (Å²) < 4.78 is 30.3. The summed E-state index contributed by atoms with van der Waals surface area (Å²) in [5.41, 5.74) is 9.80. The molecule has 2 heterocycles. The summed E-state index contributed by atoms with van der Waals surface area (Å²) >= 11 is 0. The lowest BCUT2D eigenvalue weighted by molar-refractivity contribution is 0.434. The third kappa shape index (κ3) is 5.20. The molecule has 0 aliphatic heterocycles. The quantitative estimate of drug-likeness (QED) is 0.213. The predicted octanol–water partition coefficient (Wildman–Crippen LogP) is 4.19. The summed E-state index contributed by atoms with van der Waals surface area (Å²) in [6.07, 6.45) is 1.53. The van der Waals surface area contributed by atoms with Crippen LogP contribution in [0.3, 0.4) is 0 Å². The normalized spacial score (nSPS) is 11.4. The van der Waals surface area contributed by atoms with E-state index in [1.54, 1.807) is 44.2 Å². The molecule has 2 aromatic heterocycles. The lowest BCUT2D eigenvalue weighted by Gasteiger charge is -2.09. The number of aromatic nitrogens is 3. The molecule has 186 valence electrons. The van der Waals surface area contributed by atoms with Gasteiger partial charge < -0.3 is 20.9 Å². The molecule has 2 aromatic carbocycles. The zero-order valence-corrected chi connectivity index (χ0v) is 20.9. The van der Waals surface area contributed by atoms with Crippen LogP contribution in [0.1, 0.15) is 20.8 Å². The van der Waals surface area contributed by atoms with Gasteiger partial charge >= 0.3 is 0 Å². The van der Waals surface area contributed by atoms with E-state index in [-0.39, 0.29) is 16.7 Å². The third-order valence-corrected chi connectivity index (χ3v) is 7.62. The summed E-state index contributed by atoms with van der Waals surface area (Å²) in [5.74, 6) is 0.757. The second-order valence-corrected chi connectivity index (χ2v) is 10.8. The first-order valence-corrected chi connectivity index (χ1v) is 12.9. The highest BCUT2D eigenvalue weighted by atomic mass is 32.2. The number of anilines is 2. The van der Waals surface area contributed by atoms with E-state index in [0.717, 1.165) is 11.3 Å². The van der Waals surface area contributed by atoms with E-state index >= 15 is 0 Å². The van der Waals surface area contributed by atoms with Gasteiger partial charge in [0, 0.05) is 29.4 Å². The molecule has 5 N–H and O–H groups in total. The van der Waals surface area contributed by atoms with Crippen molar-refractivity contribution in [1.82, 2.24) is 20.4 Å². The molecule has 36 heavy (non-hydrogen) atoms. The van der Waals surface area contributed by atoms with Crippen LogP contribution in [0.4, 0.5) is 11.5 Å². The average Bonchev–Trinajstić information content (AvgIpc) is 3.35. The molecule has 0 amide bonds. The average molecular weight is 506 g/mol. The standard InChI is InChI=1S/C25H27N7O3S/c1-4-28-25(27)30-18-9-5-16(6-10-18)20-13-22(35-32-20)23-24(26)29-14-21(31-23)17-7-11-19(12-8-17)36(33,34)15(2)3/h5-15H,4H2,1-3H3,(H2,26,29)(H3,27,28,30). The van der Waals surface area contributed by atoms with Crippen LogP contribution in [0.15, 0.2) is 70.2 Å². The van der Waals surface area contributed by atoms with E-state index in [4.69, 9.17) is 15.7 Å². The first-order chi connectivity index (χ1) is 17.2. The minimum atomic E-state index is -3.37. The fourth-order valence-corrected chi connectivity index (χ4v) is 4.48. The van der Waals surface area contributed by atoms with Crippen molar-refractivity contribution in [1.29, 1.82) is 5.41 Å². The molecule has 0 atom stereocenters. The number of nitrogens with zero attached hydrogens (tertiary/aromatic N) is 3. The first kappa shape index (κ1) is 24.9. The number of nitrogens with one attached hydrogen (secondary N) is 3. The Kier molecular flexibility index (Phi) is 7.02. The highest BCUT2D eigenvalue weighted by Crippen LogP contribution is 2.30. The number of rotatable bonds is 7. The molecule has 4 aromatic rings. The van der Waals surface area contributed by atoms with Crippen molar-refractivity contribution in [2.45, 2.75) is 30.9 Å². The second-order valence-electron chi connectivity index (χ2n) is 8.29. The zero-order valence-electron chi connectivity index (χ0n) is 20.1. The minimum absolute atomic E-state index is 0.182. The summed E-state index contributed by atoms with van der Waals surface area (Å²) in [6, 6.07) is 15.6. The molecule has 10 nitrogen and oxygen atoms in total. The fraction of sp³-hybridized carbons (Fsp3) is 0.200. The van der Waals surface area contributed by atoms with Crippen LogP contribution >= 0.6 is 0 Å². The number of nitrogens with two attached hydrogens (primary N) is 1. The molecule has 0 fully saturated rings. The number of hydrogen-bond donors (Lipinski definition) is 4. The van der Waals surface area contributed by atoms with Crippen LogP contribution < -0.4 is 16.4 Å². The van der Waals surface area contributed by atoms with E-state index < -0.39 is 15.1 Å². The van der Waals surface area contributed by atoms with Gasteiger partial charge in [-0.05, 0) is 45.0 Å². The van der Waals surface area contributed by atoms with E-state index in [1.807, 2.05) is 31.2 Å². The lowest BCUT2D eigenvalue weighted by Crippen LogP contribution is -2.28. The Labute approximate surface area is 209 Å². The maximum Gasteiger partial charge on any atom is 0.192 e. The summed E-state index contributed by atoms with van der Waals surface area (Å²) in [7, 11) is -3.37. The largest absolute Gasteiger partial charge is 0.382 e. The highest BCUT2D eigenvalue weighted by Gasteiger charge is 2.20. The van der Waals surface area contributed by atoms with Gasteiger partial charge in [0.1, 0.15) is 5.69 Å². The SMILES string of the molecule is CCNC(=N)Nc1ccc(-c2cc(-c3nc(-c4ccc(S(=O)(=O)C(C)C)cc4)cnc3N)on2)cc1. The van der Waals surface area contributed by atoms with E-state index in [2.05, 4.69) is 25.8 Å². The van der Waals surface area contributed by atoms with Gasteiger partial charge in [0.2, 0.25) is 0 Å². The molecule has 0 aliphatic carbocycles. The molecule has 11 heteroatoms. The first-order valence-electron chi connectivity index (χ1n) is 11.3. The maximum absolute atomic E-state index is 12.4. The van der Waals surface area contributed by atoms with Gasteiger partial charge in [0.05, 0.1) is 22.0 Å². The van der Waals surface area contributed by atoms with E-state index in [9.17, 15) is 8.42 Å². The minimum Gasteiger partial charge on any atom is -0.382 e. The summed E-state index contributed by atoms with van der Waals surface area (Å²) in [6.45, 7) is 5.87. The van der Waals surface area contributed by atoms with E-state index in [0.29, 0.717) is 35.0 Å². The van der Waals surface area contributed by atoms with Crippen molar-refractivity contribution < 1.29 is 12.9 Å². The number of sulfone groups is 1. The monoisotopic (exact) mass is 505 g/mol. The van der Waals surface area contributed by atoms with Crippen molar-refractivity contribution in [2.75, 3.05) is 17.6 Å². The summed E-state index contributed by atoms with van der Waals surface area (Å²) in [4.78, 5) is 9.10. The van der Waals surface area contributed by atoms with Crippen molar-refractivity contribution in [2.24, 2.45) is 0 Å². The molecule has 0 spiro atoms. The third-order valence-electron chi connectivity index (χ3n) is 5.45.